The van der Waals surface area contributed by atoms with Gasteiger partial charge in [0.2, 0.25) is 0 Å². The van der Waals surface area contributed by atoms with Crippen molar-refractivity contribution in [3.63, 3.8) is 0 Å². The fraction of sp³-hybridized carbons (Fsp3) is 0.600. The highest BCUT2D eigenvalue weighted by atomic mass is 16.5. The van der Waals surface area contributed by atoms with E-state index in [0.717, 1.165) is 25.4 Å². The Morgan fingerprint density at radius 1 is 1.00 bits per heavy atom. The summed E-state index contributed by atoms with van der Waals surface area (Å²) in [6.45, 7) is 10.0. The van der Waals surface area contributed by atoms with Gasteiger partial charge in [0, 0.05) is 6.61 Å². The van der Waals surface area contributed by atoms with Crippen molar-refractivity contribution in [1.82, 2.24) is 0 Å². The molecular formula is C15H24O2. The van der Waals surface area contributed by atoms with E-state index in [-0.39, 0.29) is 6.10 Å². The van der Waals surface area contributed by atoms with Crippen LogP contribution in [0.25, 0.3) is 0 Å². The van der Waals surface area contributed by atoms with Crippen LogP contribution >= 0.6 is 0 Å². The van der Waals surface area contributed by atoms with Crippen LogP contribution in [0.3, 0.4) is 0 Å². The van der Waals surface area contributed by atoms with E-state index in [1.807, 2.05) is 26.0 Å². The third-order valence-electron chi connectivity index (χ3n) is 2.28. The van der Waals surface area contributed by atoms with Crippen LogP contribution in [-0.4, -0.2) is 19.3 Å². The molecule has 0 spiro atoms. The highest BCUT2D eigenvalue weighted by Crippen LogP contribution is 2.14. The van der Waals surface area contributed by atoms with Crippen molar-refractivity contribution in [2.45, 2.75) is 40.2 Å². The lowest BCUT2D eigenvalue weighted by Gasteiger charge is -2.10. The zero-order valence-electron chi connectivity index (χ0n) is 11.4. The fourth-order valence-corrected chi connectivity index (χ4v) is 1.52. The van der Waals surface area contributed by atoms with E-state index in [4.69, 9.17) is 9.47 Å². The first-order valence-electron chi connectivity index (χ1n) is 6.41. The highest BCUT2D eigenvalue weighted by Gasteiger charge is 1.99. The van der Waals surface area contributed by atoms with E-state index >= 15 is 0 Å². The first kappa shape index (κ1) is 14.0. The second-order valence-electron chi connectivity index (χ2n) is 5.03. The summed E-state index contributed by atoms with van der Waals surface area (Å²) in [5.41, 5.74) is 1.30. The molecule has 0 aromatic heterocycles. The fourth-order valence-electron chi connectivity index (χ4n) is 1.52. The summed E-state index contributed by atoms with van der Waals surface area (Å²) in [6, 6.07) is 8.27. The zero-order chi connectivity index (χ0) is 12.7. The molecular weight excluding hydrogens is 212 g/mol. The quantitative estimate of drug-likeness (QED) is 0.672. The number of benzene rings is 1. The van der Waals surface area contributed by atoms with Crippen LogP contribution in [0, 0.1) is 5.92 Å². The standard InChI is InChI=1S/C15H24O2/c1-12(2)11-16-10-9-14-5-7-15(8-6-14)17-13(3)4/h5-8,12-13H,9-11H2,1-4H3. The van der Waals surface area contributed by atoms with Crippen LogP contribution in [0.1, 0.15) is 33.3 Å². The highest BCUT2D eigenvalue weighted by molar-refractivity contribution is 5.27. The van der Waals surface area contributed by atoms with Crippen molar-refractivity contribution in [3.8, 4) is 5.75 Å². The van der Waals surface area contributed by atoms with Gasteiger partial charge in [0.15, 0.2) is 0 Å². The summed E-state index contributed by atoms with van der Waals surface area (Å²) < 4.78 is 11.2. The van der Waals surface area contributed by atoms with Gasteiger partial charge in [-0.05, 0) is 43.9 Å². The Morgan fingerprint density at radius 3 is 2.18 bits per heavy atom. The van der Waals surface area contributed by atoms with Gasteiger partial charge >= 0.3 is 0 Å². The Bertz CT molecular complexity index is 301. The molecule has 0 fully saturated rings. The van der Waals surface area contributed by atoms with Gasteiger partial charge < -0.3 is 9.47 Å². The maximum atomic E-state index is 5.60. The Kier molecular flexibility index (Phi) is 6.06. The lowest BCUT2D eigenvalue weighted by Crippen LogP contribution is -2.06. The van der Waals surface area contributed by atoms with E-state index in [0.29, 0.717) is 5.92 Å². The van der Waals surface area contributed by atoms with Gasteiger partial charge in [0.05, 0.1) is 12.7 Å². The van der Waals surface area contributed by atoms with Crippen LogP contribution in [0.4, 0.5) is 0 Å². The minimum atomic E-state index is 0.232. The van der Waals surface area contributed by atoms with Crippen molar-refractivity contribution in [1.29, 1.82) is 0 Å². The maximum absolute atomic E-state index is 5.60. The molecule has 2 heteroatoms. The second-order valence-corrected chi connectivity index (χ2v) is 5.03. The molecule has 1 aromatic rings. The summed E-state index contributed by atoms with van der Waals surface area (Å²) in [5.74, 6) is 1.55. The van der Waals surface area contributed by atoms with Gasteiger partial charge in [-0.2, -0.15) is 0 Å². The Labute approximate surface area is 105 Å². The molecule has 0 unspecified atom stereocenters. The monoisotopic (exact) mass is 236 g/mol. The third kappa shape index (κ3) is 6.32. The van der Waals surface area contributed by atoms with Crippen LogP contribution in [0.2, 0.25) is 0 Å². The third-order valence-corrected chi connectivity index (χ3v) is 2.28. The minimum Gasteiger partial charge on any atom is -0.491 e. The van der Waals surface area contributed by atoms with Crippen molar-refractivity contribution in [2.75, 3.05) is 13.2 Å². The van der Waals surface area contributed by atoms with Crippen molar-refractivity contribution < 1.29 is 9.47 Å². The first-order valence-corrected chi connectivity index (χ1v) is 6.41. The molecule has 0 aliphatic heterocycles. The van der Waals surface area contributed by atoms with E-state index in [9.17, 15) is 0 Å². The topological polar surface area (TPSA) is 18.5 Å². The summed E-state index contributed by atoms with van der Waals surface area (Å²) in [6.07, 6.45) is 1.20. The summed E-state index contributed by atoms with van der Waals surface area (Å²) >= 11 is 0. The molecule has 0 aliphatic rings. The number of hydrogen-bond acceptors (Lipinski definition) is 2. The lowest BCUT2D eigenvalue weighted by atomic mass is 10.1. The van der Waals surface area contributed by atoms with E-state index in [2.05, 4.69) is 26.0 Å². The lowest BCUT2D eigenvalue weighted by molar-refractivity contribution is 0.112. The molecule has 0 saturated heterocycles. The number of hydrogen-bond donors (Lipinski definition) is 0. The predicted octanol–water partition coefficient (Wildman–Crippen LogP) is 3.69. The smallest absolute Gasteiger partial charge is 0.119 e. The maximum Gasteiger partial charge on any atom is 0.119 e. The number of rotatable bonds is 7. The molecule has 2 nitrogen and oxygen atoms in total. The van der Waals surface area contributed by atoms with Gasteiger partial charge in [0.25, 0.3) is 0 Å². The molecule has 17 heavy (non-hydrogen) atoms. The molecule has 0 saturated carbocycles. The van der Waals surface area contributed by atoms with Crippen molar-refractivity contribution in [2.24, 2.45) is 5.92 Å². The molecule has 0 radical (unpaired) electrons. The second kappa shape index (κ2) is 7.33. The average molecular weight is 236 g/mol. The summed E-state index contributed by atoms with van der Waals surface area (Å²) in [5, 5.41) is 0. The molecule has 0 atom stereocenters. The molecule has 0 amide bonds. The van der Waals surface area contributed by atoms with E-state index in [1.54, 1.807) is 0 Å². The summed E-state index contributed by atoms with van der Waals surface area (Å²) in [7, 11) is 0. The Balaban J connectivity index is 2.30. The van der Waals surface area contributed by atoms with Crippen LogP contribution in [-0.2, 0) is 11.2 Å². The normalized spacial score (nSPS) is 11.2. The zero-order valence-corrected chi connectivity index (χ0v) is 11.4. The van der Waals surface area contributed by atoms with Gasteiger partial charge in [-0.25, -0.2) is 0 Å². The molecule has 0 heterocycles. The molecule has 0 aliphatic carbocycles. The van der Waals surface area contributed by atoms with Gasteiger partial charge in [-0.1, -0.05) is 26.0 Å². The molecule has 0 bridgehead atoms. The molecule has 1 aromatic carbocycles. The predicted molar refractivity (Wildman–Crippen MR) is 71.6 cm³/mol. The molecule has 1 rings (SSSR count). The van der Waals surface area contributed by atoms with E-state index < -0.39 is 0 Å². The van der Waals surface area contributed by atoms with Crippen LogP contribution in [0.5, 0.6) is 5.75 Å². The SMILES string of the molecule is CC(C)COCCc1ccc(OC(C)C)cc1. The number of ether oxygens (including phenoxy) is 2. The minimum absolute atomic E-state index is 0.232. The molecule has 0 N–H and O–H groups in total. The van der Waals surface area contributed by atoms with E-state index in [1.165, 1.54) is 5.56 Å². The van der Waals surface area contributed by atoms with Gasteiger partial charge in [-0.15, -0.1) is 0 Å². The Hall–Kier alpha value is -1.02. The van der Waals surface area contributed by atoms with Gasteiger partial charge in [-0.3, -0.25) is 0 Å². The average Bonchev–Trinajstić information content (AvgIpc) is 2.25. The largest absolute Gasteiger partial charge is 0.491 e. The van der Waals surface area contributed by atoms with Crippen LogP contribution in [0.15, 0.2) is 24.3 Å². The van der Waals surface area contributed by atoms with Crippen molar-refractivity contribution >= 4 is 0 Å². The Morgan fingerprint density at radius 2 is 1.65 bits per heavy atom. The van der Waals surface area contributed by atoms with Gasteiger partial charge in [0.1, 0.15) is 5.75 Å². The molecule has 96 valence electrons. The van der Waals surface area contributed by atoms with Crippen LogP contribution < -0.4 is 4.74 Å². The first-order chi connectivity index (χ1) is 8.08. The van der Waals surface area contributed by atoms with Crippen molar-refractivity contribution in [3.05, 3.63) is 29.8 Å². The summed E-state index contributed by atoms with van der Waals surface area (Å²) in [4.78, 5) is 0.